The number of thioether (sulfide) groups is 2. The molecule has 2 aliphatic rings. The molecule has 1 spiro atoms. The van der Waals surface area contributed by atoms with Crippen molar-refractivity contribution in [2.24, 2.45) is 0 Å². The Morgan fingerprint density at radius 1 is 0.760 bits per heavy atom. The van der Waals surface area contributed by atoms with Gasteiger partial charge in [-0.2, -0.15) is 0 Å². The predicted molar refractivity (Wildman–Crippen MR) is 108 cm³/mol. The van der Waals surface area contributed by atoms with Crippen LogP contribution < -0.4 is 4.74 Å². The van der Waals surface area contributed by atoms with Crippen LogP contribution in [0.4, 0.5) is 0 Å². The summed E-state index contributed by atoms with van der Waals surface area (Å²) in [5, 5.41) is 0. The molecule has 0 unspecified atom stereocenters. The van der Waals surface area contributed by atoms with Crippen molar-refractivity contribution >= 4 is 29.1 Å². The van der Waals surface area contributed by atoms with Gasteiger partial charge in [0.05, 0.1) is 0 Å². The van der Waals surface area contributed by atoms with E-state index in [9.17, 15) is 0 Å². The fraction of sp³-hybridized carbons (Fsp3) is 0.0909. The zero-order valence-electron chi connectivity index (χ0n) is 13.7. The van der Waals surface area contributed by atoms with Gasteiger partial charge in [-0.1, -0.05) is 78.5 Å². The van der Waals surface area contributed by atoms with Gasteiger partial charge in [0.15, 0.2) is 0 Å². The van der Waals surface area contributed by atoms with E-state index in [0.29, 0.717) is 0 Å². The van der Waals surface area contributed by atoms with Gasteiger partial charge in [0, 0.05) is 20.9 Å². The second-order valence-electron chi connectivity index (χ2n) is 6.11. The molecule has 122 valence electrons. The first-order valence-electron chi connectivity index (χ1n) is 8.24. The maximum atomic E-state index is 6.22. The Bertz CT molecular complexity index is 946. The molecule has 1 nitrogen and oxygen atoms in total. The molecule has 3 heteroatoms. The third-order valence-electron chi connectivity index (χ3n) is 4.80. The van der Waals surface area contributed by atoms with Crippen LogP contribution in [0.3, 0.4) is 0 Å². The molecule has 0 saturated heterocycles. The van der Waals surface area contributed by atoms with Crippen LogP contribution in [0.25, 0.3) is 5.57 Å². The highest BCUT2D eigenvalue weighted by molar-refractivity contribution is 8.24. The van der Waals surface area contributed by atoms with Gasteiger partial charge in [-0.15, -0.1) is 11.8 Å². The fourth-order valence-corrected chi connectivity index (χ4v) is 6.37. The summed E-state index contributed by atoms with van der Waals surface area (Å²) in [6.45, 7) is 0. The van der Waals surface area contributed by atoms with Gasteiger partial charge in [-0.3, -0.25) is 0 Å². The molecule has 3 aromatic rings. The zero-order chi connectivity index (χ0) is 16.9. The van der Waals surface area contributed by atoms with E-state index in [4.69, 9.17) is 4.74 Å². The Kier molecular flexibility index (Phi) is 3.47. The van der Waals surface area contributed by atoms with Crippen LogP contribution >= 0.6 is 23.5 Å². The lowest BCUT2D eigenvalue weighted by Crippen LogP contribution is -2.35. The summed E-state index contributed by atoms with van der Waals surface area (Å²) >= 11 is 3.78. The number of ether oxygens (including phenoxy) is 1. The largest absolute Gasteiger partial charge is 0.457 e. The van der Waals surface area contributed by atoms with Crippen molar-refractivity contribution in [3.05, 3.63) is 99.8 Å². The first-order valence-corrected chi connectivity index (χ1v) is 10.3. The molecule has 2 aliphatic heterocycles. The Hall–Kier alpha value is -2.10. The van der Waals surface area contributed by atoms with Gasteiger partial charge in [-0.05, 0) is 24.0 Å². The average molecular weight is 361 g/mol. The van der Waals surface area contributed by atoms with E-state index in [1.54, 1.807) is 0 Å². The lowest BCUT2D eigenvalue weighted by Gasteiger charge is -2.48. The van der Waals surface area contributed by atoms with Crippen molar-refractivity contribution in [1.82, 2.24) is 0 Å². The number of benzene rings is 3. The molecule has 5 rings (SSSR count). The minimum absolute atomic E-state index is 0.189. The molecule has 2 heterocycles. The summed E-state index contributed by atoms with van der Waals surface area (Å²) in [5.74, 6) is 1.92. The molecule has 0 saturated carbocycles. The maximum absolute atomic E-state index is 6.22. The molecule has 0 aromatic heterocycles. The topological polar surface area (TPSA) is 9.23 Å². The van der Waals surface area contributed by atoms with Gasteiger partial charge in [-0.25, -0.2) is 0 Å². The summed E-state index contributed by atoms with van der Waals surface area (Å²) in [6, 6.07) is 27.6. The number of hydrogen-bond donors (Lipinski definition) is 0. The molecule has 0 aliphatic carbocycles. The third-order valence-corrected chi connectivity index (χ3v) is 7.47. The molecule has 0 amide bonds. The van der Waals surface area contributed by atoms with E-state index < -0.39 is 0 Å². The van der Waals surface area contributed by atoms with Gasteiger partial charge in [0.1, 0.15) is 16.2 Å². The lowest BCUT2D eigenvalue weighted by molar-refractivity contribution is 0.450. The van der Waals surface area contributed by atoms with E-state index in [1.165, 1.54) is 26.5 Å². The summed E-state index contributed by atoms with van der Waals surface area (Å²) in [5.41, 5.74) is 5.18. The van der Waals surface area contributed by atoms with Crippen molar-refractivity contribution in [2.45, 2.75) is 4.75 Å². The van der Waals surface area contributed by atoms with Gasteiger partial charge >= 0.3 is 0 Å². The number of fused-ring (bicyclic) bond motifs is 4. The van der Waals surface area contributed by atoms with E-state index in [2.05, 4.69) is 73.0 Å². The smallest absolute Gasteiger partial charge is 0.132 e. The second-order valence-corrected chi connectivity index (χ2v) is 8.41. The molecule has 0 bridgehead atoms. The van der Waals surface area contributed by atoms with E-state index >= 15 is 0 Å². The van der Waals surface area contributed by atoms with Crippen LogP contribution in [0, 0.1) is 0 Å². The highest BCUT2D eigenvalue weighted by Gasteiger charge is 2.53. The normalized spacial score (nSPS) is 16.7. The van der Waals surface area contributed by atoms with Crippen LogP contribution in [0.1, 0.15) is 16.7 Å². The van der Waals surface area contributed by atoms with Crippen molar-refractivity contribution in [3.8, 4) is 11.5 Å². The van der Waals surface area contributed by atoms with Crippen molar-refractivity contribution < 1.29 is 4.74 Å². The molecule has 0 fully saturated rings. The summed E-state index contributed by atoms with van der Waals surface area (Å²) in [6.07, 6.45) is 2.16. The minimum atomic E-state index is -0.189. The van der Waals surface area contributed by atoms with Crippen molar-refractivity contribution in [3.63, 3.8) is 0 Å². The zero-order valence-corrected chi connectivity index (χ0v) is 15.4. The van der Waals surface area contributed by atoms with Gasteiger partial charge in [0.25, 0.3) is 0 Å². The van der Waals surface area contributed by atoms with Crippen LogP contribution in [0.2, 0.25) is 0 Å². The van der Waals surface area contributed by atoms with Crippen LogP contribution in [-0.4, -0.2) is 6.26 Å². The Balaban J connectivity index is 1.83. The number of rotatable bonds is 2. The average Bonchev–Trinajstić information content (AvgIpc) is 2.65. The molecular formula is C22H16OS2. The minimum Gasteiger partial charge on any atom is -0.457 e. The summed E-state index contributed by atoms with van der Waals surface area (Å²) in [4.78, 5) is 0. The highest BCUT2D eigenvalue weighted by Crippen LogP contribution is 2.71. The quantitative estimate of drug-likeness (QED) is 0.515. The first-order chi connectivity index (χ1) is 12.3. The van der Waals surface area contributed by atoms with Gasteiger partial charge in [0.2, 0.25) is 0 Å². The Morgan fingerprint density at radius 2 is 1.32 bits per heavy atom. The third kappa shape index (κ3) is 2.06. The van der Waals surface area contributed by atoms with E-state index in [0.717, 1.165) is 11.5 Å². The Labute approximate surface area is 156 Å². The van der Waals surface area contributed by atoms with Gasteiger partial charge < -0.3 is 4.74 Å². The highest BCUT2D eigenvalue weighted by atomic mass is 32.2. The van der Waals surface area contributed by atoms with Crippen LogP contribution in [0.15, 0.2) is 83.1 Å². The Morgan fingerprint density at radius 3 is 1.92 bits per heavy atom. The van der Waals surface area contributed by atoms with E-state index in [-0.39, 0.29) is 4.75 Å². The molecular weight excluding hydrogens is 344 g/mol. The summed E-state index contributed by atoms with van der Waals surface area (Å²) < 4.78 is 7.42. The maximum Gasteiger partial charge on any atom is 0.132 e. The lowest BCUT2D eigenvalue weighted by atomic mass is 9.78. The number of hydrogen-bond acceptors (Lipinski definition) is 3. The first kappa shape index (κ1) is 15.2. The van der Waals surface area contributed by atoms with Crippen LogP contribution in [-0.2, 0) is 4.75 Å². The molecule has 25 heavy (non-hydrogen) atoms. The predicted octanol–water partition coefficient (Wildman–Crippen LogP) is 6.51. The fourth-order valence-electron chi connectivity index (χ4n) is 3.74. The van der Waals surface area contributed by atoms with Crippen molar-refractivity contribution in [1.29, 1.82) is 0 Å². The molecule has 0 radical (unpaired) electrons. The SMILES string of the molecule is CSC1=C(c2ccccc2)C2(S1)c1ccccc1Oc1ccccc12. The molecule has 0 N–H and O–H groups in total. The van der Waals surface area contributed by atoms with E-state index in [1.807, 2.05) is 35.7 Å². The molecule has 3 aromatic carbocycles. The second kappa shape index (κ2) is 5.72. The summed E-state index contributed by atoms with van der Waals surface area (Å²) in [7, 11) is 0. The van der Waals surface area contributed by atoms with Crippen LogP contribution in [0.5, 0.6) is 11.5 Å². The standard InChI is InChI=1S/C22H16OS2/c1-24-21-20(15-9-3-2-4-10-15)22(25-21)16-11-5-7-13-18(16)23-19-14-8-6-12-17(19)22/h2-14H,1H3. The molecule has 0 atom stereocenters. The number of para-hydroxylation sites is 2. The monoisotopic (exact) mass is 360 g/mol. The van der Waals surface area contributed by atoms with Crippen molar-refractivity contribution in [2.75, 3.05) is 6.26 Å².